The highest BCUT2D eigenvalue weighted by Gasteiger charge is 2.21. The molecule has 0 aliphatic carbocycles. The van der Waals surface area contributed by atoms with E-state index in [0.29, 0.717) is 23.7 Å². The maximum absolute atomic E-state index is 13.5. The van der Waals surface area contributed by atoms with Crippen molar-refractivity contribution < 1.29 is 13.9 Å². The highest BCUT2D eigenvalue weighted by atomic mass is 19.2. The van der Waals surface area contributed by atoms with E-state index in [9.17, 15) is 18.7 Å². The summed E-state index contributed by atoms with van der Waals surface area (Å²) < 4.78 is 29.6. The lowest BCUT2D eigenvalue weighted by atomic mass is 10.1. The standard InChI is InChI=1S/C18H21F2N5O2/c1-4-25-16(27)14-15(22-17(25)23-18(2,3)9-26)24(10-21-14)8-11-5-6-12(19)13(20)7-11/h5-7,10,26H,4,8-9H2,1-3H3,(H,22,23). The molecule has 2 N–H and O–H groups in total. The lowest BCUT2D eigenvalue weighted by Crippen LogP contribution is -2.38. The van der Waals surface area contributed by atoms with Crippen LogP contribution in [0.5, 0.6) is 0 Å². The molecule has 0 aliphatic heterocycles. The van der Waals surface area contributed by atoms with Crippen molar-refractivity contribution >= 4 is 17.1 Å². The highest BCUT2D eigenvalue weighted by molar-refractivity contribution is 5.71. The molecule has 0 atom stereocenters. The van der Waals surface area contributed by atoms with Gasteiger partial charge in [0.25, 0.3) is 5.56 Å². The van der Waals surface area contributed by atoms with E-state index in [-0.39, 0.29) is 24.2 Å². The summed E-state index contributed by atoms with van der Waals surface area (Å²) in [6, 6.07) is 3.62. The minimum Gasteiger partial charge on any atom is -0.394 e. The van der Waals surface area contributed by atoms with E-state index in [1.807, 2.05) is 6.92 Å². The van der Waals surface area contributed by atoms with Crippen molar-refractivity contribution in [2.75, 3.05) is 11.9 Å². The van der Waals surface area contributed by atoms with Gasteiger partial charge in [-0.2, -0.15) is 4.98 Å². The van der Waals surface area contributed by atoms with Crippen LogP contribution in [-0.2, 0) is 13.1 Å². The van der Waals surface area contributed by atoms with Crippen LogP contribution in [0.4, 0.5) is 14.7 Å². The second-order valence-corrected chi connectivity index (χ2v) is 6.94. The van der Waals surface area contributed by atoms with Crippen LogP contribution in [-0.4, -0.2) is 36.4 Å². The zero-order chi connectivity index (χ0) is 19.8. The predicted molar refractivity (Wildman–Crippen MR) is 97.7 cm³/mol. The van der Waals surface area contributed by atoms with Crippen LogP contribution < -0.4 is 10.9 Å². The Labute approximate surface area is 154 Å². The number of anilines is 1. The normalized spacial score (nSPS) is 11.9. The number of aliphatic hydroxyl groups is 1. The number of imidazole rings is 1. The van der Waals surface area contributed by atoms with Crippen molar-refractivity contribution in [3.05, 3.63) is 52.1 Å². The van der Waals surface area contributed by atoms with Gasteiger partial charge in [0.15, 0.2) is 22.8 Å². The third-order valence-corrected chi connectivity index (χ3v) is 4.22. The third-order valence-electron chi connectivity index (χ3n) is 4.22. The van der Waals surface area contributed by atoms with Crippen molar-refractivity contribution in [1.29, 1.82) is 0 Å². The van der Waals surface area contributed by atoms with Gasteiger partial charge in [0, 0.05) is 6.54 Å². The summed E-state index contributed by atoms with van der Waals surface area (Å²) in [7, 11) is 0. The van der Waals surface area contributed by atoms with Crippen molar-refractivity contribution in [2.24, 2.45) is 0 Å². The fraction of sp³-hybridized carbons (Fsp3) is 0.389. The van der Waals surface area contributed by atoms with E-state index in [1.165, 1.54) is 17.0 Å². The Kier molecular flexibility index (Phi) is 4.97. The summed E-state index contributed by atoms with van der Waals surface area (Å²) in [5.41, 5.74) is 0.0229. The third kappa shape index (κ3) is 3.68. The number of nitrogens with one attached hydrogen (secondary N) is 1. The average molecular weight is 377 g/mol. The van der Waals surface area contributed by atoms with Gasteiger partial charge in [0.05, 0.1) is 25.0 Å². The number of rotatable bonds is 6. The minimum absolute atomic E-state index is 0.154. The van der Waals surface area contributed by atoms with Gasteiger partial charge >= 0.3 is 0 Å². The van der Waals surface area contributed by atoms with Gasteiger partial charge in [-0.1, -0.05) is 6.07 Å². The molecule has 2 aromatic heterocycles. The first-order valence-corrected chi connectivity index (χ1v) is 8.54. The topological polar surface area (TPSA) is 85.0 Å². The molecule has 0 saturated carbocycles. The molecule has 27 heavy (non-hydrogen) atoms. The fourth-order valence-corrected chi connectivity index (χ4v) is 2.71. The molecule has 0 spiro atoms. The Morgan fingerprint density at radius 2 is 2.00 bits per heavy atom. The summed E-state index contributed by atoms with van der Waals surface area (Å²) in [6.07, 6.45) is 1.45. The van der Waals surface area contributed by atoms with E-state index >= 15 is 0 Å². The van der Waals surface area contributed by atoms with Gasteiger partial charge in [-0.15, -0.1) is 0 Å². The lowest BCUT2D eigenvalue weighted by molar-refractivity contribution is 0.233. The smallest absolute Gasteiger partial charge is 0.283 e. The van der Waals surface area contributed by atoms with Gasteiger partial charge in [-0.3, -0.25) is 9.36 Å². The molecular weight excluding hydrogens is 356 g/mol. The van der Waals surface area contributed by atoms with Crippen LogP contribution >= 0.6 is 0 Å². The van der Waals surface area contributed by atoms with E-state index in [0.717, 1.165) is 12.1 Å². The molecule has 0 amide bonds. The predicted octanol–water partition coefficient (Wildman–Crippen LogP) is 2.12. The first kappa shape index (κ1) is 19.0. The Morgan fingerprint density at radius 3 is 2.63 bits per heavy atom. The minimum atomic E-state index is -0.940. The molecule has 0 aliphatic rings. The molecule has 1 aromatic carbocycles. The largest absolute Gasteiger partial charge is 0.394 e. The number of nitrogens with zero attached hydrogens (tertiary/aromatic N) is 4. The Bertz CT molecular complexity index is 1040. The summed E-state index contributed by atoms with van der Waals surface area (Å²) in [4.78, 5) is 21.4. The first-order chi connectivity index (χ1) is 12.8. The molecule has 2 heterocycles. The number of benzene rings is 1. The van der Waals surface area contributed by atoms with Crippen LogP contribution in [0.2, 0.25) is 0 Å². The molecule has 3 rings (SSSR count). The van der Waals surface area contributed by atoms with Crippen LogP contribution in [0, 0.1) is 11.6 Å². The Morgan fingerprint density at radius 1 is 1.26 bits per heavy atom. The van der Waals surface area contributed by atoms with E-state index in [2.05, 4.69) is 15.3 Å². The second kappa shape index (κ2) is 7.07. The van der Waals surface area contributed by atoms with E-state index in [1.54, 1.807) is 18.4 Å². The van der Waals surface area contributed by atoms with Gasteiger partial charge in [-0.25, -0.2) is 13.8 Å². The zero-order valence-corrected chi connectivity index (χ0v) is 15.3. The van der Waals surface area contributed by atoms with Crippen LogP contribution in [0.25, 0.3) is 11.2 Å². The number of halogens is 2. The number of fused-ring (bicyclic) bond motifs is 1. The molecular formula is C18H21F2N5O2. The van der Waals surface area contributed by atoms with Crippen LogP contribution in [0.1, 0.15) is 26.3 Å². The van der Waals surface area contributed by atoms with Gasteiger partial charge in [0.1, 0.15) is 0 Å². The van der Waals surface area contributed by atoms with Crippen LogP contribution in [0.15, 0.2) is 29.3 Å². The maximum atomic E-state index is 13.5. The number of aliphatic hydroxyl groups excluding tert-OH is 1. The SMILES string of the molecule is CCn1c(NC(C)(C)CO)nc2c(ncn2Cc2ccc(F)c(F)c2)c1=O. The van der Waals surface area contributed by atoms with Crippen molar-refractivity contribution in [3.63, 3.8) is 0 Å². The van der Waals surface area contributed by atoms with Gasteiger partial charge in [-0.05, 0) is 38.5 Å². The maximum Gasteiger partial charge on any atom is 0.283 e. The Hall–Kier alpha value is -2.81. The molecule has 3 aromatic rings. The van der Waals surface area contributed by atoms with Crippen molar-refractivity contribution in [1.82, 2.24) is 19.1 Å². The Balaban J connectivity index is 2.09. The molecule has 9 heteroatoms. The lowest BCUT2D eigenvalue weighted by Gasteiger charge is -2.25. The zero-order valence-electron chi connectivity index (χ0n) is 15.3. The van der Waals surface area contributed by atoms with Gasteiger partial charge < -0.3 is 15.0 Å². The molecule has 0 saturated heterocycles. The first-order valence-electron chi connectivity index (χ1n) is 8.54. The average Bonchev–Trinajstić information content (AvgIpc) is 3.01. The van der Waals surface area contributed by atoms with Crippen molar-refractivity contribution in [3.8, 4) is 0 Å². The summed E-state index contributed by atoms with van der Waals surface area (Å²) in [5.74, 6) is -1.55. The number of hydrogen-bond donors (Lipinski definition) is 2. The fourth-order valence-electron chi connectivity index (χ4n) is 2.71. The molecule has 7 nitrogen and oxygen atoms in total. The molecule has 144 valence electrons. The number of hydrogen-bond acceptors (Lipinski definition) is 5. The molecule has 0 fully saturated rings. The highest BCUT2D eigenvalue weighted by Crippen LogP contribution is 2.17. The van der Waals surface area contributed by atoms with Crippen LogP contribution in [0.3, 0.4) is 0 Å². The van der Waals surface area contributed by atoms with Gasteiger partial charge in [0.2, 0.25) is 5.95 Å². The second-order valence-electron chi connectivity index (χ2n) is 6.94. The van der Waals surface area contributed by atoms with E-state index in [4.69, 9.17) is 0 Å². The quantitative estimate of drug-likeness (QED) is 0.687. The van der Waals surface area contributed by atoms with Crippen molar-refractivity contribution in [2.45, 2.75) is 39.4 Å². The van der Waals surface area contributed by atoms with E-state index < -0.39 is 17.2 Å². The molecule has 0 unspecified atom stereocenters. The molecule has 0 bridgehead atoms. The molecule has 0 radical (unpaired) electrons. The summed E-state index contributed by atoms with van der Waals surface area (Å²) in [5, 5.41) is 12.6. The summed E-state index contributed by atoms with van der Waals surface area (Å²) >= 11 is 0. The summed E-state index contributed by atoms with van der Waals surface area (Å²) in [6.45, 7) is 5.77. The number of aromatic nitrogens is 4. The monoisotopic (exact) mass is 377 g/mol.